The first-order valence-corrected chi connectivity index (χ1v) is 17.7. The van der Waals surface area contributed by atoms with Gasteiger partial charge in [0, 0.05) is 21.2 Å². The first kappa shape index (κ1) is 28.2. The van der Waals surface area contributed by atoms with Gasteiger partial charge in [0.25, 0.3) is 0 Å². The van der Waals surface area contributed by atoms with Crippen LogP contribution in [0.5, 0.6) is 0 Å². The van der Waals surface area contributed by atoms with Gasteiger partial charge in [-0.15, -0.1) is 0 Å². The molecule has 0 unspecified atom stereocenters. The van der Waals surface area contributed by atoms with Crippen LogP contribution in [0.15, 0.2) is 198 Å². The first-order chi connectivity index (χ1) is 24.3. The molecule has 2 heteroatoms. The normalized spacial score (nSPS) is 13.4. The summed E-state index contributed by atoms with van der Waals surface area (Å²) < 4.78 is 0. The molecule has 1 heterocycles. The molecule has 8 aromatic rings. The van der Waals surface area contributed by atoms with Gasteiger partial charge in [-0.1, -0.05) is 157 Å². The highest BCUT2D eigenvalue weighted by Crippen LogP contribution is 2.64. The van der Waals surface area contributed by atoms with Gasteiger partial charge in [0.2, 0.25) is 0 Å². The van der Waals surface area contributed by atoms with Crippen LogP contribution < -0.4 is 4.90 Å². The highest BCUT2D eigenvalue weighted by atomic mass is 32.2. The molecular weight excluding hydrogens is 611 g/mol. The fraction of sp³-hybridized carbons (Fsp3) is 0.0213. The van der Waals surface area contributed by atoms with E-state index in [1.165, 1.54) is 70.8 Å². The molecule has 0 atom stereocenters. The Hall–Kier alpha value is -5.83. The van der Waals surface area contributed by atoms with Crippen LogP contribution >= 0.6 is 11.8 Å². The van der Waals surface area contributed by atoms with Crippen LogP contribution in [0.3, 0.4) is 0 Å². The molecule has 230 valence electrons. The lowest BCUT2D eigenvalue weighted by molar-refractivity contribution is 0.724. The molecule has 1 aliphatic heterocycles. The number of hydrogen-bond acceptors (Lipinski definition) is 2. The van der Waals surface area contributed by atoms with E-state index in [4.69, 9.17) is 0 Å². The Morgan fingerprint density at radius 3 is 1.61 bits per heavy atom. The molecule has 0 aromatic heterocycles. The average Bonchev–Trinajstić information content (AvgIpc) is 3.46. The van der Waals surface area contributed by atoms with Crippen molar-refractivity contribution in [1.82, 2.24) is 0 Å². The topological polar surface area (TPSA) is 3.24 Å². The van der Waals surface area contributed by atoms with E-state index in [-0.39, 0.29) is 0 Å². The van der Waals surface area contributed by atoms with E-state index < -0.39 is 5.41 Å². The molecular formula is C47H31NS. The molecule has 0 N–H and O–H groups in total. The fourth-order valence-corrected chi connectivity index (χ4v) is 9.53. The van der Waals surface area contributed by atoms with Crippen molar-refractivity contribution in [2.24, 2.45) is 0 Å². The fourth-order valence-electron chi connectivity index (χ4n) is 8.21. The van der Waals surface area contributed by atoms with Crippen molar-refractivity contribution in [2.45, 2.75) is 15.2 Å². The van der Waals surface area contributed by atoms with Crippen LogP contribution in [0, 0.1) is 0 Å². The number of benzene rings is 8. The van der Waals surface area contributed by atoms with E-state index >= 15 is 0 Å². The molecule has 2 aliphatic rings. The molecule has 0 saturated carbocycles. The van der Waals surface area contributed by atoms with Crippen molar-refractivity contribution in [3.63, 3.8) is 0 Å². The minimum atomic E-state index is -0.456. The van der Waals surface area contributed by atoms with Crippen LogP contribution in [0.4, 0.5) is 17.1 Å². The lowest BCUT2D eigenvalue weighted by Crippen LogP contribution is -2.32. The summed E-state index contributed by atoms with van der Waals surface area (Å²) in [5.74, 6) is 0. The molecule has 1 nitrogen and oxygen atoms in total. The Balaban J connectivity index is 1.26. The standard InChI is InChI=1S/C47H31NS/c1-3-14-32(15-4-1)33-26-28-37(29-27-33)48(36-18-5-2-6-19-36)44-25-13-24-42-46(44)49-45-31-35-17-8-7-16-34(35)30-43(45)47(42)40-22-11-9-20-38(40)39-21-10-12-23-41(39)47/h1-31H. The van der Waals surface area contributed by atoms with E-state index in [1.807, 2.05) is 11.8 Å². The minimum absolute atomic E-state index is 0.456. The summed E-state index contributed by atoms with van der Waals surface area (Å²) in [5, 5.41) is 2.54. The zero-order chi connectivity index (χ0) is 32.4. The van der Waals surface area contributed by atoms with Crippen molar-refractivity contribution in [1.29, 1.82) is 0 Å². The molecule has 8 aromatic carbocycles. The Kier molecular flexibility index (Phi) is 6.40. The van der Waals surface area contributed by atoms with Gasteiger partial charge in [-0.25, -0.2) is 0 Å². The quantitative estimate of drug-likeness (QED) is 0.188. The predicted octanol–water partition coefficient (Wildman–Crippen LogP) is 12.8. The summed E-state index contributed by atoms with van der Waals surface area (Å²) in [6, 6.07) is 69.2. The monoisotopic (exact) mass is 641 g/mol. The van der Waals surface area contributed by atoms with Gasteiger partial charge in [0.15, 0.2) is 0 Å². The van der Waals surface area contributed by atoms with Crippen LogP contribution in [0.1, 0.15) is 22.3 Å². The maximum Gasteiger partial charge on any atom is 0.0736 e. The maximum atomic E-state index is 2.46. The molecule has 0 radical (unpaired) electrons. The van der Waals surface area contributed by atoms with Gasteiger partial charge < -0.3 is 4.90 Å². The van der Waals surface area contributed by atoms with Crippen LogP contribution in [0.25, 0.3) is 33.0 Å². The molecule has 49 heavy (non-hydrogen) atoms. The molecule has 1 aliphatic carbocycles. The zero-order valence-corrected chi connectivity index (χ0v) is 27.6. The van der Waals surface area contributed by atoms with E-state index in [0.29, 0.717) is 0 Å². The van der Waals surface area contributed by atoms with Crippen molar-refractivity contribution in [3.05, 3.63) is 210 Å². The highest BCUT2D eigenvalue weighted by Gasteiger charge is 2.51. The van der Waals surface area contributed by atoms with E-state index in [9.17, 15) is 0 Å². The minimum Gasteiger partial charge on any atom is -0.309 e. The van der Waals surface area contributed by atoms with Crippen molar-refractivity contribution in [3.8, 4) is 22.3 Å². The Labute approximate surface area is 291 Å². The summed E-state index contributed by atoms with van der Waals surface area (Å²) in [6.45, 7) is 0. The number of hydrogen-bond donors (Lipinski definition) is 0. The third kappa shape index (κ3) is 4.21. The highest BCUT2D eigenvalue weighted by molar-refractivity contribution is 7.99. The summed E-state index contributed by atoms with van der Waals surface area (Å²) in [4.78, 5) is 5.03. The Morgan fingerprint density at radius 1 is 0.388 bits per heavy atom. The van der Waals surface area contributed by atoms with Gasteiger partial charge in [-0.05, 0) is 97.7 Å². The molecule has 0 fully saturated rings. The third-order valence-corrected chi connectivity index (χ3v) is 11.5. The Morgan fingerprint density at radius 2 is 0.918 bits per heavy atom. The zero-order valence-electron chi connectivity index (χ0n) is 26.8. The van der Waals surface area contributed by atoms with E-state index in [1.54, 1.807) is 0 Å². The molecule has 0 amide bonds. The first-order valence-electron chi connectivity index (χ1n) is 16.9. The summed E-state index contributed by atoms with van der Waals surface area (Å²) in [6.07, 6.45) is 0. The van der Waals surface area contributed by atoms with Gasteiger partial charge in [0.1, 0.15) is 0 Å². The second-order valence-corrected chi connectivity index (χ2v) is 13.9. The number of rotatable bonds is 4. The average molecular weight is 642 g/mol. The summed E-state index contributed by atoms with van der Waals surface area (Å²) in [7, 11) is 0. The number of para-hydroxylation sites is 1. The number of anilines is 3. The lowest BCUT2D eigenvalue weighted by Gasteiger charge is -2.41. The predicted molar refractivity (Wildman–Crippen MR) is 205 cm³/mol. The van der Waals surface area contributed by atoms with E-state index in [2.05, 4.69) is 193 Å². The van der Waals surface area contributed by atoms with Crippen LogP contribution in [0.2, 0.25) is 0 Å². The Bertz CT molecular complexity index is 2470. The number of nitrogens with zero attached hydrogens (tertiary/aromatic N) is 1. The van der Waals surface area contributed by atoms with Gasteiger partial charge in [-0.2, -0.15) is 0 Å². The van der Waals surface area contributed by atoms with Gasteiger partial charge in [0.05, 0.1) is 11.1 Å². The van der Waals surface area contributed by atoms with Gasteiger partial charge >= 0.3 is 0 Å². The molecule has 0 bridgehead atoms. The smallest absolute Gasteiger partial charge is 0.0736 e. The summed E-state index contributed by atoms with van der Waals surface area (Å²) in [5.41, 5.74) is 13.4. The molecule has 10 rings (SSSR count). The molecule has 0 saturated heterocycles. The second kappa shape index (κ2) is 11.1. The SMILES string of the molecule is c1ccc(-c2ccc(N(c3ccccc3)c3cccc4c3Sc3cc5ccccc5cc3C43c4ccccc4-c4ccccc43)cc2)cc1. The maximum absolute atomic E-state index is 2.46. The number of fused-ring (bicyclic) bond motifs is 10. The van der Waals surface area contributed by atoms with Crippen molar-refractivity contribution in [2.75, 3.05) is 4.90 Å². The second-order valence-electron chi connectivity index (χ2n) is 12.9. The lowest BCUT2D eigenvalue weighted by atomic mass is 9.67. The summed E-state index contributed by atoms with van der Waals surface area (Å²) >= 11 is 1.91. The van der Waals surface area contributed by atoms with Crippen LogP contribution in [-0.2, 0) is 5.41 Å². The van der Waals surface area contributed by atoms with Crippen molar-refractivity contribution >= 4 is 39.6 Å². The van der Waals surface area contributed by atoms with E-state index in [0.717, 1.165) is 11.4 Å². The third-order valence-electron chi connectivity index (χ3n) is 10.3. The largest absolute Gasteiger partial charge is 0.309 e. The van der Waals surface area contributed by atoms with Crippen LogP contribution in [-0.4, -0.2) is 0 Å². The van der Waals surface area contributed by atoms with Crippen molar-refractivity contribution < 1.29 is 0 Å². The molecule has 1 spiro atoms. The van der Waals surface area contributed by atoms with Gasteiger partial charge in [-0.3, -0.25) is 0 Å².